The SMILES string of the molecule is CC1CCN(CC(=O)C2CCC(Br)CC2)C(N)C1. The van der Waals surface area contributed by atoms with Crippen LogP contribution in [0.4, 0.5) is 0 Å². The highest BCUT2D eigenvalue weighted by Crippen LogP contribution is 2.30. The van der Waals surface area contributed by atoms with E-state index in [-0.39, 0.29) is 12.1 Å². The summed E-state index contributed by atoms with van der Waals surface area (Å²) in [5.41, 5.74) is 6.14. The van der Waals surface area contributed by atoms with Crippen LogP contribution in [0.2, 0.25) is 0 Å². The molecule has 104 valence electrons. The second-order valence-electron chi connectivity index (χ2n) is 6.08. The van der Waals surface area contributed by atoms with E-state index in [1.54, 1.807) is 0 Å². The summed E-state index contributed by atoms with van der Waals surface area (Å²) >= 11 is 3.64. The van der Waals surface area contributed by atoms with Crippen LogP contribution in [0.1, 0.15) is 45.4 Å². The van der Waals surface area contributed by atoms with Gasteiger partial charge in [0.15, 0.2) is 0 Å². The maximum absolute atomic E-state index is 12.3. The number of hydrogen-bond acceptors (Lipinski definition) is 3. The molecule has 0 bridgehead atoms. The van der Waals surface area contributed by atoms with E-state index in [4.69, 9.17) is 5.73 Å². The van der Waals surface area contributed by atoms with Gasteiger partial charge in [0.1, 0.15) is 5.78 Å². The average molecular weight is 317 g/mol. The van der Waals surface area contributed by atoms with Gasteiger partial charge in [0.05, 0.1) is 12.7 Å². The Labute approximate surface area is 119 Å². The smallest absolute Gasteiger partial charge is 0.149 e. The van der Waals surface area contributed by atoms with Crippen molar-refractivity contribution in [2.45, 2.75) is 56.4 Å². The highest BCUT2D eigenvalue weighted by atomic mass is 79.9. The first-order chi connectivity index (χ1) is 8.56. The van der Waals surface area contributed by atoms with Crippen molar-refractivity contribution in [3.63, 3.8) is 0 Å². The minimum atomic E-state index is 0.0882. The normalized spacial score (nSPS) is 38.6. The fourth-order valence-corrected chi connectivity index (χ4v) is 3.66. The lowest BCUT2D eigenvalue weighted by Gasteiger charge is -2.36. The van der Waals surface area contributed by atoms with Gasteiger partial charge in [-0.25, -0.2) is 0 Å². The lowest BCUT2D eigenvalue weighted by atomic mass is 9.85. The second-order valence-corrected chi connectivity index (χ2v) is 7.38. The Morgan fingerprint density at radius 1 is 1.28 bits per heavy atom. The third-order valence-electron chi connectivity index (χ3n) is 4.49. The van der Waals surface area contributed by atoms with Crippen LogP contribution >= 0.6 is 15.9 Å². The molecule has 0 aromatic heterocycles. The molecule has 2 rings (SSSR count). The van der Waals surface area contributed by atoms with Crippen molar-refractivity contribution in [1.29, 1.82) is 0 Å². The summed E-state index contributed by atoms with van der Waals surface area (Å²) in [6.07, 6.45) is 6.67. The van der Waals surface area contributed by atoms with Crippen LogP contribution in [0.25, 0.3) is 0 Å². The summed E-state index contributed by atoms with van der Waals surface area (Å²) in [6, 6.07) is 0. The van der Waals surface area contributed by atoms with Gasteiger partial charge in [0.25, 0.3) is 0 Å². The Bertz CT molecular complexity index is 290. The number of rotatable bonds is 3. The topological polar surface area (TPSA) is 46.3 Å². The molecule has 1 aliphatic heterocycles. The average Bonchev–Trinajstić information content (AvgIpc) is 2.33. The molecule has 0 spiro atoms. The third-order valence-corrected chi connectivity index (χ3v) is 5.41. The number of nitrogens with zero attached hydrogens (tertiary/aromatic N) is 1. The number of carbonyl (C=O) groups is 1. The number of hydrogen-bond donors (Lipinski definition) is 1. The molecule has 0 aromatic rings. The number of nitrogens with two attached hydrogens (primary N) is 1. The fraction of sp³-hybridized carbons (Fsp3) is 0.929. The van der Waals surface area contributed by atoms with Crippen molar-refractivity contribution in [1.82, 2.24) is 4.90 Å². The Morgan fingerprint density at radius 3 is 2.56 bits per heavy atom. The third kappa shape index (κ3) is 3.78. The monoisotopic (exact) mass is 316 g/mol. The molecule has 1 aliphatic carbocycles. The van der Waals surface area contributed by atoms with E-state index >= 15 is 0 Å². The molecule has 4 heteroatoms. The molecule has 1 saturated heterocycles. The molecule has 1 heterocycles. The number of Topliss-reactive ketones (excluding diaryl/α,β-unsaturated/α-hetero) is 1. The van der Waals surface area contributed by atoms with Crippen molar-refractivity contribution in [3.8, 4) is 0 Å². The molecule has 1 saturated carbocycles. The van der Waals surface area contributed by atoms with Crippen molar-refractivity contribution >= 4 is 21.7 Å². The number of alkyl halides is 1. The van der Waals surface area contributed by atoms with Gasteiger partial charge in [-0.2, -0.15) is 0 Å². The van der Waals surface area contributed by atoms with E-state index in [0.717, 1.165) is 38.6 Å². The molecule has 0 aromatic carbocycles. The van der Waals surface area contributed by atoms with Gasteiger partial charge in [-0.05, 0) is 44.4 Å². The van der Waals surface area contributed by atoms with Gasteiger partial charge in [-0.3, -0.25) is 9.69 Å². The number of ketones is 1. The molecule has 3 nitrogen and oxygen atoms in total. The summed E-state index contributed by atoms with van der Waals surface area (Å²) in [7, 11) is 0. The zero-order valence-electron chi connectivity index (χ0n) is 11.3. The molecule has 0 amide bonds. The van der Waals surface area contributed by atoms with Crippen LogP contribution in [0, 0.1) is 11.8 Å². The molecule has 18 heavy (non-hydrogen) atoms. The highest BCUT2D eigenvalue weighted by molar-refractivity contribution is 9.09. The molecule has 2 unspecified atom stereocenters. The molecular weight excluding hydrogens is 292 g/mol. The molecule has 2 N–H and O–H groups in total. The van der Waals surface area contributed by atoms with Gasteiger partial charge in [-0.15, -0.1) is 0 Å². The van der Waals surface area contributed by atoms with E-state index in [9.17, 15) is 4.79 Å². The van der Waals surface area contributed by atoms with Crippen LogP contribution in [0.3, 0.4) is 0 Å². The van der Waals surface area contributed by atoms with Gasteiger partial charge >= 0.3 is 0 Å². The largest absolute Gasteiger partial charge is 0.316 e. The van der Waals surface area contributed by atoms with E-state index in [2.05, 4.69) is 27.8 Å². The Balaban J connectivity index is 1.80. The van der Waals surface area contributed by atoms with Crippen LogP contribution in [0.5, 0.6) is 0 Å². The first kappa shape index (κ1) is 14.5. The molecule has 2 aliphatic rings. The van der Waals surface area contributed by atoms with Gasteiger partial charge < -0.3 is 5.73 Å². The summed E-state index contributed by atoms with van der Waals surface area (Å²) in [5, 5.41) is 0. The van der Waals surface area contributed by atoms with Crippen LogP contribution in [-0.4, -0.2) is 34.8 Å². The number of piperidine rings is 1. The van der Waals surface area contributed by atoms with Gasteiger partial charge in [-0.1, -0.05) is 22.9 Å². The predicted octanol–water partition coefficient (Wildman–Crippen LogP) is 2.53. The zero-order valence-corrected chi connectivity index (χ0v) is 12.9. The Kier molecular flexibility index (Phi) is 5.22. The van der Waals surface area contributed by atoms with Gasteiger partial charge in [0, 0.05) is 17.3 Å². The number of carbonyl (C=O) groups excluding carboxylic acids is 1. The fourth-order valence-electron chi connectivity index (χ4n) is 3.13. The van der Waals surface area contributed by atoms with E-state index < -0.39 is 0 Å². The lowest BCUT2D eigenvalue weighted by molar-refractivity contribution is -0.126. The summed E-state index contributed by atoms with van der Waals surface area (Å²) in [6.45, 7) is 3.81. The minimum Gasteiger partial charge on any atom is -0.316 e. The van der Waals surface area contributed by atoms with Crippen LogP contribution in [-0.2, 0) is 4.79 Å². The summed E-state index contributed by atoms with van der Waals surface area (Å²) in [5.74, 6) is 1.40. The quantitative estimate of drug-likeness (QED) is 0.814. The maximum atomic E-state index is 12.3. The molecule has 2 fully saturated rings. The lowest BCUT2D eigenvalue weighted by Crippen LogP contribution is -2.50. The predicted molar refractivity (Wildman–Crippen MR) is 77.6 cm³/mol. The number of halogens is 1. The maximum Gasteiger partial charge on any atom is 0.149 e. The van der Waals surface area contributed by atoms with E-state index in [0.29, 0.717) is 23.1 Å². The Morgan fingerprint density at radius 2 is 1.94 bits per heavy atom. The van der Waals surface area contributed by atoms with Crippen molar-refractivity contribution in [2.75, 3.05) is 13.1 Å². The van der Waals surface area contributed by atoms with Crippen molar-refractivity contribution in [3.05, 3.63) is 0 Å². The van der Waals surface area contributed by atoms with E-state index in [1.807, 2.05) is 0 Å². The Hall–Kier alpha value is 0.0700. The molecule has 0 radical (unpaired) electrons. The summed E-state index contributed by atoms with van der Waals surface area (Å²) in [4.78, 5) is 15.1. The van der Waals surface area contributed by atoms with Crippen LogP contribution in [0.15, 0.2) is 0 Å². The first-order valence-electron chi connectivity index (χ1n) is 7.22. The van der Waals surface area contributed by atoms with Gasteiger partial charge in [0.2, 0.25) is 0 Å². The van der Waals surface area contributed by atoms with E-state index in [1.165, 1.54) is 6.42 Å². The van der Waals surface area contributed by atoms with Crippen molar-refractivity contribution in [2.24, 2.45) is 17.6 Å². The minimum absolute atomic E-state index is 0.0882. The number of likely N-dealkylation sites (tertiary alicyclic amines) is 1. The first-order valence-corrected chi connectivity index (χ1v) is 8.14. The zero-order chi connectivity index (χ0) is 13.1. The standard InChI is InChI=1S/C14H25BrN2O/c1-10-6-7-17(14(16)8-10)9-13(18)11-2-4-12(15)5-3-11/h10-12,14H,2-9,16H2,1H3. The second kappa shape index (κ2) is 6.49. The summed E-state index contributed by atoms with van der Waals surface area (Å²) < 4.78 is 0. The van der Waals surface area contributed by atoms with Crippen LogP contribution < -0.4 is 5.73 Å². The van der Waals surface area contributed by atoms with Crippen molar-refractivity contribution < 1.29 is 4.79 Å². The molecule has 2 atom stereocenters. The highest BCUT2D eigenvalue weighted by Gasteiger charge is 2.29. The molecular formula is C14H25BrN2O.